The van der Waals surface area contributed by atoms with Gasteiger partial charge in [0.15, 0.2) is 0 Å². The Hall–Kier alpha value is -9.64. The van der Waals surface area contributed by atoms with Crippen molar-refractivity contribution in [1.29, 1.82) is 0 Å². The van der Waals surface area contributed by atoms with Crippen molar-refractivity contribution in [1.82, 2.24) is 0 Å². The van der Waals surface area contributed by atoms with Crippen LogP contribution in [0.15, 0.2) is 276 Å². The molecule has 0 amide bonds. The van der Waals surface area contributed by atoms with E-state index in [1.807, 2.05) is 0 Å². The predicted molar refractivity (Wildman–Crippen MR) is 302 cm³/mol. The number of nitrogens with zero attached hydrogens (tertiary/aromatic N) is 2. The minimum Gasteiger partial charge on any atom is -0.456 e. The number of anilines is 6. The number of hydrogen-bond donors (Lipinski definition) is 0. The lowest BCUT2D eigenvalue weighted by molar-refractivity contribution is 0.668. The van der Waals surface area contributed by atoms with Crippen molar-refractivity contribution in [3.05, 3.63) is 267 Å². The smallest absolute Gasteiger partial charge is 0.137 e. The van der Waals surface area contributed by atoms with E-state index in [1.165, 1.54) is 27.5 Å². The molecular formula is C68H44N2O2. The van der Waals surface area contributed by atoms with Gasteiger partial charge in [0.1, 0.15) is 22.3 Å². The first kappa shape index (κ1) is 41.3. The van der Waals surface area contributed by atoms with Gasteiger partial charge in [0.2, 0.25) is 0 Å². The number of rotatable bonds is 9. The Kier molecular flexibility index (Phi) is 9.82. The summed E-state index contributed by atoms with van der Waals surface area (Å²) in [6.45, 7) is 0. The lowest BCUT2D eigenvalue weighted by atomic mass is 9.99. The molecule has 0 N–H and O–H groups in total. The summed E-state index contributed by atoms with van der Waals surface area (Å²) in [6, 6.07) is 95.2. The average Bonchev–Trinajstić information content (AvgIpc) is 3.99. The highest BCUT2D eigenvalue weighted by molar-refractivity contribution is 6.15. The van der Waals surface area contributed by atoms with Crippen LogP contribution in [0.3, 0.4) is 0 Å². The van der Waals surface area contributed by atoms with Gasteiger partial charge < -0.3 is 18.6 Å². The molecule has 4 heteroatoms. The maximum atomic E-state index is 6.72. The number of furan rings is 2. The second kappa shape index (κ2) is 17.1. The van der Waals surface area contributed by atoms with Crippen LogP contribution in [0.1, 0.15) is 0 Å². The van der Waals surface area contributed by atoms with Crippen molar-refractivity contribution in [2.24, 2.45) is 0 Å². The zero-order valence-corrected chi connectivity index (χ0v) is 39.1. The summed E-state index contributed by atoms with van der Waals surface area (Å²) in [6.07, 6.45) is 0. The van der Waals surface area contributed by atoms with Crippen LogP contribution >= 0.6 is 0 Å². The van der Waals surface area contributed by atoms with E-state index in [1.54, 1.807) is 0 Å². The summed E-state index contributed by atoms with van der Waals surface area (Å²) in [5, 5.41) is 8.88. The topological polar surface area (TPSA) is 32.8 Å². The van der Waals surface area contributed by atoms with E-state index in [4.69, 9.17) is 8.83 Å². The molecule has 0 atom stereocenters. The molecule has 0 saturated heterocycles. The summed E-state index contributed by atoms with van der Waals surface area (Å²) in [5.74, 6) is 0. The molecule has 4 nitrogen and oxygen atoms in total. The second-order valence-electron chi connectivity index (χ2n) is 18.6. The SMILES string of the molecule is c1ccc(-c2cccc(N(c3ccccc3)c3ccc4cc(-c5ccc6c(c5)oc5cc7cc8c(cc7cc56)oc5cc(N(c6ccccc6)c6cccc(-c7ccccc7)c6)ccc58)ccc4c3)c2)cc1. The van der Waals surface area contributed by atoms with Gasteiger partial charge in [0.05, 0.1) is 0 Å². The molecule has 0 aliphatic rings. The normalized spacial score (nSPS) is 11.6. The van der Waals surface area contributed by atoms with Crippen LogP contribution in [0, 0.1) is 0 Å². The van der Waals surface area contributed by atoms with Crippen molar-refractivity contribution < 1.29 is 8.83 Å². The molecule has 14 aromatic rings. The van der Waals surface area contributed by atoms with Gasteiger partial charge in [-0.25, -0.2) is 0 Å². The summed E-state index contributed by atoms with van der Waals surface area (Å²) < 4.78 is 13.4. The molecule has 0 spiro atoms. The monoisotopic (exact) mass is 920 g/mol. The van der Waals surface area contributed by atoms with E-state index >= 15 is 0 Å². The fraction of sp³-hybridized carbons (Fsp3) is 0. The largest absolute Gasteiger partial charge is 0.456 e. The first-order valence-corrected chi connectivity index (χ1v) is 24.5. The minimum absolute atomic E-state index is 0.840. The van der Waals surface area contributed by atoms with Crippen molar-refractivity contribution in [2.45, 2.75) is 0 Å². The van der Waals surface area contributed by atoms with Crippen molar-refractivity contribution in [3.63, 3.8) is 0 Å². The van der Waals surface area contributed by atoms with Crippen molar-refractivity contribution in [2.75, 3.05) is 9.80 Å². The quantitative estimate of drug-likeness (QED) is 0.144. The molecule has 14 rings (SSSR count). The van der Waals surface area contributed by atoms with Gasteiger partial charge in [-0.1, -0.05) is 146 Å². The molecule has 0 unspecified atom stereocenters. The van der Waals surface area contributed by atoms with Crippen LogP contribution in [-0.2, 0) is 0 Å². The minimum atomic E-state index is 0.840. The predicted octanol–water partition coefficient (Wildman–Crippen LogP) is 19.7. The number of hydrogen-bond acceptors (Lipinski definition) is 4. The maximum absolute atomic E-state index is 6.72. The van der Waals surface area contributed by atoms with Gasteiger partial charge in [0.25, 0.3) is 0 Å². The van der Waals surface area contributed by atoms with Crippen LogP contribution in [0.5, 0.6) is 0 Å². The Labute approximate surface area is 416 Å². The molecular weight excluding hydrogens is 877 g/mol. The Morgan fingerprint density at radius 2 is 0.569 bits per heavy atom. The number of para-hydroxylation sites is 2. The van der Waals surface area contributed by atoms with Crippen LogP contribution < -0.4 is 9.80 Å². The fourth-order valence-corrected chi connectivity index (χ4v) is 10.6. The summed E-state index contributed by atoms with van der Waals surface area (Å²) in [5.41, 5.74) is 16.9. The maximum Gasteiger partial charge on any atom is 0.137 e. The van der Waals surface area contributed by atoms with E-state index in [9.17, 15) is 0 Å². The molecule has 0 fully saturated rings. The standard InChI is InChI=1S/C68H44N2O2/c1-5-15-45(16-6-1)47-19-13-25-57(36-47)69(55-21-9-3-10-22-55)59-31-29-50-35-49(27-28-51(50)38-59)52-30-33-61-63-39-53-43-67-64(40-54(53)42-66(63)71-65(61)41-52)62-34-32-60(44-68(62)72-67)70(56-23-11-4-12-24-56)58-26-14-20-48(37-58)46-17-7-2-8-18-46/h1-44H. The van der Waals surface area contributed by atoms with Gasteiger partial charge in [-0.15, -0.1) is 0 Å². The zero-order chi connectivity index (χ0) is 47.5. The Morgan fingerprint density at radius 1 is 0.194 bits per heavy atom. The van der Waals surface area contributed by atoms with E-state index in [-0.39, 0.29) is 0 Å². The van der Waals surface area contributed by atoms with Crippen LogP contribution in [0.4, 0.5) is 34.1 Å². The van der Waals surface area contributed by atoms with Gasteiger partial charge in [-0.3, -0.25) is 0 Å². The third-order valence-corrected chi connectivity index (χ3v) is 14.1. The van der Waals surface area contributed by atoms with Crippen LogP contribution in [0.2, 0.25) is 0 Å². The summed E-state index contributed by atoms with van der Waals surface area (Å²) in [4.78, 5) is 4.63. The van der Waals surface area contributed by atoms with Crippen molar-refractivity contribution in [3.8, 4) is 33.4 Å². The van der Waals surface area contributed by atoms with Gasteiger partial charge in [0, 0.05) is 61.7 Å². The average molecular weight is 921 g/mol. The third-order valence-electron chi connectivity index (χ3n) is 14.1. The highest BCUT2D eigenvalue weighted by Gasteiger charge is 2.19. The summed E-state index contributed by atoms with van der Waals surface area (Å²) >= 11 is 0. The van der Waals surface area contributed by atoms with E-state index < -0.39 is 0 Å². The van der Waals surface area contributed by atoms with Gasteiger partial charge in [-0.2, -0.15) is 0 Å². The molecule has 0 aliphatic carbocycles. The second-order valence-corrected chi connectivity index (χ2v) is 18.6. The molecule has 12 aromatic carbocycles. The van der Waals surface area contributed by atoms with Gasteiger partial charge >= 0.3 is 0 Å². The molecule has 2 heterocycles. The van der Waals surface area contributed by atoms with E-state index in [2.05, 4.69) is 277 Å². The Bertz CT molecular complexity index is 4330. The molecule has 2 aromatic heterocycles. The van der Waals surface area contributed by atoms with E-state index in [0.717, 1.165) is 105 Å². The molecule has 72 heavy (non-hydrogen) atoms. The molecule has 0 radical (unpaired) electrons. The lowest BCUT2D eigenvalue weighted by Gasteiger charge is -2.26. The van der Waals surface area contributed by atoms with Crippen LogP contribution in [0.25, 0.3) is 98.8 Å². The lowest BCUT2D eigenvalue weighted by Crippen LogP contribution is -2.09. The molecule has 338 valence electrons. The number of fused-ring (bicyclic) bond motifs is 8. The summed E-state index contributed by atoms with van der Waals surface area (Å²) in [7, 11) is 0. The fourth-order valence-electron chi connectivity index (χ4n) is 10.6. The van der Waals surface area contributed by atoms with E-state index in [0.29, 0.717) is 0 Å². The van der Waals surface area contributed by atoms with Gasteiger partial charge in [-0.05, 0) is 170 Å². The molecule has 0 aliphatic heterocycles. The molecule has 0 bridgehead atoms. The first-order chi connectivity index (χ1) is 35.6. The Balaban J connectivity index is 0.784. The number of benzene rings is 12. The molecule has 0 saturated carbocycles. The third kappa shape index (κ3) is 7.33. The first-order valence-electron chi connectivity index (χ1n) is 24.5. The zero-order valence-electron chi connectivity index (χ0n) is 39.1. The highest BCUT2D eigenvalue weighted by Crippen LogP contribution is 2.43. The highest BCUT2D eigenvalue weighted by atomic mass is 16.3. The van der Waals surface area contributed by atoms with Crippen LogP contribution in [-0.4, -0.2) is 0 Å². The Morgan fingerprint density at radius 3 is 1.14 bits per heavy atom. The van der Waals surface area contributed by atoms with Crippen molar-refractivity contribution >= 4 is 99.5 Å².